The lowest BCUT2D eigenvalue weighted by atomic mass is 10.1. The zero-order valence-electron chi connectivity index (χ0n) is 14.4. The number of nitrogens with one attached hydrogen (secondary N) is 1. The van der Waals surface area contributed by atoms with Crippen LogP contribution < -0.4 is 10.1 Å². The Kier molecular flexibility index (Phi) is 5.19. The van der Waals surface area contributed by atoms with Gasteiger partial charge in [-0.15, -0.1) is 0 Å². The number of rotatable bonds is 6. The van der Waals surface area contributed by atoms with Crippen molar-refractivity contribution in [1.82, 2.24) is 5.32 Å². The molecular weight excluding hydrogens is 314 g/mol. The van der Waals surface area contributed by atoms with E-state index in [2.05, 4.69) is 5.32 Å². The highest BCUT2D eigenvalue weighted by Gasteiger charge is 2.15. The van der Waals surface area contributed by atoms with Gasteiger partial charge in [-0.25, -0.2) is 0 Å². The summed E-state index contributed by atoms with van der Waals surface area (Å²) in [4.78, 5) is 12.3. The Bertz CT molecular complexity index is 839. The van der Waals surface area contributed by atoms with Gasteiger partial charge in [0.25, 0.3) is 5.91 Å². The van der Waals surface area contributed by atoms with E-state index in [0.717, 1.165) is 16.9 Å². The molecule has 4 nitrogen and oxygen atoms in total. The highest BCUT2D eigenvalue weighted by molar-refractivity contribution is 5.91. The second kappa shape index (κ2) is 7.71. The molecule has 1 atom stereocenters. The standard InChI is InChI=1S/C21H21NO3/c1-15-7-6-10-18(13-15)24-14-19-11-12-20(25-19)21(23)22-16(2)17-8-4-3-5-9-17/h3-13,16H,14H2,1-2H3,(H,22,23). The maximum absolute atomic E-state index is 12.3. The van der Waals surface area contributed by atoms with E-state index in [9.17, 15) is 4.79 Å². The molecule has 0 radical (unpaired) electrons. The Morgan fingerprint density at radius 2 is 1.88 bits per heavy atom. The van der Waals surface area contributed by atoms with Crippen LogP contribution in [0.4, 0.5) is 0 Å². The number of carbonyl (C=O) groups is 1. The van der Waals surface area contributed by atoms with Gasteiger partial charge in [0.15, 0.2) is 5.76 Å². The van der Waals surface area contributed by atoms with Gasteiger partial charge in [-0.05, 0) is 49.2 Å². The minimum absolute atomic E-state index is 0.0919. The summed E-state index contributed by atoms with van der Waals surface area (Å²) >= 11 is 0. The largest absolute Gasteiger partial charge is 0.486 e. The number of benzene rings is 2. The van der Waals surface area contributed by atoms with E-state index in [-0.39, 0.29) is 24.3 Å². The molecule has 1 heterocycles. The van der Waals surface area contributed by atoms with Crippen LogP contribution in [0.25, 0.3) is 0 Å². The van der Waals surface area contributed by atoms with Crippen molar-refractivity contribution in [2.24, 2.45) is 0 Å². The highest BCUT2D eigenvalue weighted by atomic mass is 16.5. The average Bonchev–Trinajstić information content (AvgIpc) is 3.10. The number of furan rings is 1. The van der Waals surface area contributed by atoms with Crippen LogP contribution in [-0.2, 0) is 6.61 Å². The van der Waals surface area contributed by atoms with Crippen molar-refractivity contribution in [2.75, 3.05) is 0 Å². The summed E-state index contributed by atoms with van der Waals surface area (Å²) in [7, 11) is 0. The summed E-state index contributed by atoms with van der Waals surface area (Å²) < 4.78 is 11.3. The van der Waals surface area contributed by atoms with Gasteiger partial charge in [0.05, 0.1) is 6.04 Å². The molecule has 0 aliphatic carbocycles. The lowest BCUT2D eigenvalue weighted by Crippen LogP contribution is -2.26. The van der Waals surface area contributed by atoms with Crippen LogP contribution in [0.1, 0.15) is 40.4 Å². The van der Waals surface area contributed by atoms with Crippen molar-refractivity contribution in [2.45, 2.75) is 26.5 Å². The van der Waals surface area contributed by atoms with Gasteiger partial charge in [0, 0.05) is 0 Å². The summed E-state index contributed by atoms with van der Waals surface area (Å²) in [5, 5.41) is 2.93. The minimum atomic E-state index is -0.238. The summed E-state index contributed by atoms with van der Waals surface area (Å²) in [6.07, 6.45) is 0. The monoisotopic (exact) mass is 335 g/mol. The average molecular weight is 335 g/mol. The first-order valence-electron chi connectivity index (χ1n) is 8.26. The first-order valence-corrected chi connectivity index (χ1v) is 8.26. The Labute approximate surface area is 147 Å². The number of carbonyl (C=O) groups excluding carboxylic acids is 1. The van der Waals surface area contributed by atoms with Gasteiger partial charge in [-0.1, -0.05) is 42.5 Å². The maximum atomic E-state index is 12.3. The molecule has 3 aromatic rings. The van der Waals surface area contributed by atoms with E-state index in [4.69, 9.17) is 9.15 Å². The third kappa shape index (κ3) is 4.51. The molecule has 2 aromatic carbocycles. The zero-order valence-corrected chi connectivity index (χ0v) is 14.4. The predicted octanol–water partition coefficient (Wildman–Crippen LogP) is 4.66. The molecule has 1 amide bonds. The molecule has 25 heavy (non-hydrogen) atoms. The normalized spacial score (nSPS) is 11.8. The summed E-state index contributed by atoms with van der Waals surface area (Å²) in [5.41, 5.74) is 2.18. The second-order valence-electron chi connectivity index (χ2n) is 5.98. The maximum Gasteiger partial charge on any atom is 0.287 e. The molecule has 0 bridgehead atoms. The van der Waals surface area contributed by atoms with E-state index < -0.39 is 0 Å². The summed E-state index contributed by atoms with van der Waals surface area (Å²) in [6.45, 7) is 4.24. The smallest absolute Gasteiger partial charge is 0.287 e. The topological polar surface area (TPSA) is 51.5 Å². The fraction of sp³-hybridized carbons (Fsp3) is 0.190. The van der Waals surface area contributed by atoms with Crippen molar-refractivity contribution < 1.29 is 13.9 Å². The van der Waals surface area contributed by atoms with Gasteiger partial charge in [-0.2, -0.15) is 0 Å². The molecule has 3 rings (SSSR count). The van der Waals surface area contributed by atoms with Gasteiger partial charge in [0.1, 0.15) is 18.1 Å². The van der Waals surface area contributed by atoms with Crippen molar-refractivity contribution >= 4 is 5.91 Å². The van der Waals surface area contributed by atoms with Gasteiger partial charge in [0.2, 0.25) is 0 Å². The SMILES string of the molecule is Cc1cccc(OCc2ccc(C(=O)NC(C)c3ccccc3)o2)c1. The van der Waals surface area contributed by atoms with Crippen molar-refractivity contribution in [3.05, 3.63) is 89.4 Å². The lowest BCUT2D eigenvalue weighted by molar-refractivity contribution is 0.0907. The first kappa shape index (κ1) is 16.8. The van der Waals surface area contributed by atoms with E-state index in [1.54, 1.807) is 12.1 Å². The van der Waals surface area contributed by atoms with Crippen LogP contribution in [0.3, 0.4) is 0 Å². The highest BCUT2D eigenvalue weighted by Crippen LogP contribution is 2.17. The zero-order chi connectivity index (χ0) is 17.6. The van der Waals surface area contributed by atoms with E-state index in [1.807, 2.05) is 68.4 Å². The van der Waals surface area contributed by atoms with Gasteiger partial charge >= 0.3 is 0 Å². The van der Waals surface area contributed by atoms with Gasteiger partial charge < -0.3 is 14.5 Å². The molecule has 4 heteroatoms. The molecule has 0 spiro atoms. The first-order chi connectivity index (χ1) is 12.1. The van der Waals surface area contributed by atoms with Crippen LogP contribution in [-0.4, -0.2) is 5.91 Å². The molecule has 1 N–H and O–H groups in total. The van der Waals surface area contributed by atoms with Crippen LogP contribution in [0.15, 0.2) is 71.1 Å². The third-order valence-electron chi connectivity index (χ3n) is 3.90. The minimum Gasteiger partial charge on any atom is -0.486 e. The Morgan fingerprint density at radius 1 is 1.08 bits per heavy atom. The molecule has 1 aromatic heterocycles. The summed E-state index contributed by atoms with van der Waals surface area (Å²) in [5.74, 6) is 1.43. The Hall–Kier alpha value is -3.01. The quantitative estimate of drug-likeness (QED) is 0.713. The third-order valence-corrected chi connectivity index (χ3v) is 3.90. The molecular formula is C21H21NO3. The molecule has 128 valence electrons. The van der Waals surface area contributed by atoms with Crippen molar-refractivity contribution in [3.8, 4) is 5.75 Å². The second-order valence-corrected chi connectivity index (χ2v) is 5.98. The molecule has 0 saturated heterocycles. The lowest BCUT2D eigenvalue weighted by Gasteiger charge is -2.13. The van der Waals surface area contributed by atoms with Crippen LogP contribution in [0.2, 0.25) is 0 Å². The molecule has 0 aliphatic heterocycles. The van der Waals surface area contributed by atoms with Crippen LogP contribution >= 0.6 is 0 Å². The van der Waals surface area contributed by atoms with E-state index >= 15 is 0 Å². The van der Waals surface area contributed by atoms with Crippen molar-refractivity contribution in [3.63, 3.8) is 0 Å². The number of hydrogen-bond donors (Lipinski definition) is 1. The van der Waals surface area contributed by atoms with E-state index in [0.29, 0.717) is 5.76 Å². The number of aryl methyl sites for hydroxylation is 1. The van der Waals surface area contributed by atoms with Gasteiger partial charge in [-0.3, -0.25) is 4.79 Å². The Balaban J connectivity index is 1.58. The molecule has 1 unspecified atom stereocenters. The fourth-order valence-electron chi connectivity index (χ4n) is 2.53. The number of ether oxygens (including phenoxy) is 1. The van der Waals surface area contributed by atoms with Crippen LogP contribution in [0.5, 0.6) is 5.75 Å². The summed E-state index contributed by atoms with van der Waals surface area (Å²) in [6, 6.07) is 21.0. The number of hydrogen-bond acceptors (Lipinski definition) is 3. The fourth-order valence-corrected chi connectivity index (χ4v) is 2.53. The molecule has 0 fully saturated rings. The Morgan fingerprint density at radius 3 is 2.64 bits per heavy atom. The predicted molar refractivity (Wildman–Crippen MR) is 96.5 cm³/mol. The number of amides is 1. The van der Waals surface area contributed by atoms with Crippen LogP contribution in [0, 0.1) is 6.92 Å². The van der Waals surface area contributed by atoms with Crippen molar-refractivity contribution in [1.29, 1.82) is 0 Å². The molecule has 0 saturated carbocycles. The van der Waals surface area contributed by atoms with E-state index in [1.165, 1.54) is 0 Å². The molecule has 0 aliphatic rings.